The van der Waals surface area contributed by atoms with Gasteiger partial charge in [0, 0.05) is 5.56 Å². The number of benzene rings is 4. The lowest BCUT2D eigenvalue weighted by Gasteiger charge is -2.19. The number of nitrogens with one attached hydrogen (secondary N) is 3. The molecule has 0 heterocycles. The molecule has 0 aliphatic heterocycles. The fourth-order valence-electron chi connectivity index (χ4n) is 3.64. The molecule has 0 spiro atoms. The van der Waals surface area contributed by atoms with E-state index in [1.54, 1.807) is 73.8 Å². The van der Waals surface area contributed by atoms with Gasteiger partial charge < -0.3 is 4.74 Å². The molecule has 4 aromatic rings. The van der Waals surface area contributed by atoms with E-state index in [9.17, 15) is 18.0 Å². The molecule has 9 heteroatoms. The van der Waals surface area contributed by atoms with Crippen LogP contribution in [-0.2, 0) is 21.2 Å². The Kier molecular flexibility index (Phi) is 7.62. The first-order valence-corrected chi connectivity index (χ1v) is 12.6. The third-order valence-electron chi connectivity index (χ3n) is 5.58. The summed E-state index contributed by atoms with van der Waals surface area (Å²) in [5.41, 5.74) is 5.73. The van der Waals surface area contributed by atoms with Gasteiger partial charge in [-0.25, -0.2) is 8.42 Å². The molecule has 0 fully saturated rings. The van der Waals surface area contributed by atoms with Gasteiger partial charge in [-0.3, -0.25) is 20.4 Å². The zero-order valence-electron chi connectivity index (χ0n) is 19.5. The van der Waals surface area contributed by atoms with Crippen molar-refractivity contribution in [2.24, 2.45) is 0 Å². The SMILES string of the molecule is COc1ccc(CC(NS(=O)(=O)c2ccc3ccccc3c2)C(=O)NNC(=O)c2ccccc2)cc1. The molecule has 0 aliphatic carbocycles. The predicted octanol–water partition coefficient (Wildman–Crippen LogP) is 3.20. The maximum absolute atomic E-state index is 13.2. The molecule has 2 amide bonds. The van der Waals surface area contributed by atoms with Crippen molar-refractivity contribution in [2.75, 3.05) is 7.11 Å². The van der Waals surface area contributed by atoms with Gasteiger partial charge in [0.25, 0.3) is 11.8 Å². The second-order valence-electron chi connectivity index (χ2n) is 8.04. The topological polar surface area (TPSA) is 114 Å². The summed E-state index contributed by atoms with van der Waals surface area (Å²) in [6.07, 6.45) is 0.0455. The minimum atomic E-state index is -4.07. The molecule has 3 N–H and O–H groups in total. The molecular weight excluding hydrogens is 478 g/mol. The first-order chi connectivity index (χ1) is 17.4. The van der Waals surface area contributed by atoms with Gasteiger partial charge in [-0.1, -0.05) is 60.7 Å². The van der Waals surface area contributed by atoms with Crippen LogP contribution in [0.4, 0.5) is 0 Å². The molecule has 1 unspecified atom stereocenters. The highest BCUT2D eigenvalue weighted by Crippen LogP contribution is 2.20. The Morgan fingerprint density at radius 3 is 2.17 bits per heavy atom. The van der Waals surface area contributed by atoms with Crippen molar-refractivity contribution in [1.82, 2.24) is 15.6 Å². The summed E-state index contributed by atoms with van der Waals surface area (Å²) in [5, 5.41) is 1.65. The average Bonchev–Trinajstić information content (AvgIpc) is 2.91. The second kappa shape index (κ2) is 11.0. The van der Waals surface area contributed by atoms with Crippen molar-refractivity contribution in [1.29, 1.82) is 0 Å². The number of carbonyl (C=O) groups is 2. The first kappa shape index (κ1) is 24.9. The van der Waals surface area contributed by atoms with Crippen molar-refractivity contribution in [3.05, 3.63) is 108 Å². The van der Waals surface area contributed by atoms with Crippen molar-refractivity contribution >= 4 is 32.6 Å². The highest BCUT2D eigenvalue weighted by Gasteiger charge is 2.27. The second-order valence-corrected chi connectivity index (χ2v) is 9.76. The van der Waals surface area contributed by atoms with Crippen LogP contribution >= 0.6 is 0 Å². The summed E-state index contributed by atoms with van der Waals surface area (Å²) >= 11 is 0. The van der Waals surface area contributed by atoms with Gasteiger partial charge in [0.1, 0.15) is 11.8 Å². The van der Waals surface area contributed by atoms with E-state index in [4.69, 9.17) is 4.74 Å². The molecule has 8 nitrogen and oxygen atoms in total. The standard InChI is InChI=1S/C27H25N3O5S/c1-35-23-14-11-19(12-15-23)17-25(27(32)29-28-26(31)21-8-3-2-4-9-21)30-36(33,34)24-16-13-20-7-5-6-10-22(20)18-24/h2-16,18,25,30H,17H2,1H3,(H,28,31)(H,29,32). The van der Waals surface area contributed by atoms with Crippen LogP contribution < -0.4 is 20.3 Å². The van der Waals surface area contributed by atoms with E-state index in [0.29, 0.717) is 16.9 Å². The smallest absolute Gasteiger partial charge is 0.269 e. The zero-order chi connectivity index (χ0) is 25.5. The van der Waals surface area contributed by atoms with Crippen LogP contribution in [0.25, 0.3) is 10.8 Å². The molecule has 0 radical (unpaired) electrons. The van der Waals surface area contributed by atoms with E-state index in [2.05, 4.69) is 15.6 Å². The Morgan fingerprint density at radius 2 is 1.47 bits per heavy atom. The van der Waals surface area contributed by atoms with Crippen molar-refractivity contribution in [2.45, 2.75) is 17.4 Å². The molecule has 0 aliphatic rings. The van der Waals surface area contributed by atoms with Crippen LogP contribution in [0.2, 0.25) is 0 Å². The summed E-state index contributed by atoms with van der Waals surface area (Å²) in [6, 6.07) is 26.2. The predicted molar refractivity (Wildman–Crippen MR) is 137 cm³/mol. The minimum Gasteiger partial charge on any atom is -0.497 e. The molecule has 0 bridgehead atoms. The van der Waals surface area contributed by atoms with Gasteiger partial charge >= 0.3 is 0 Å². The number of fused-ring (bicyclic) bond motifs is 1. The van der Waals surface area contributed by atoms with Gasteiger partial charge in [-0.15, -0.1) is 0 Å². The summed E-state index contributed by atoms with van der Waals surface area (Å²) in [5.74, 6) is -0.601. The molecule has 4 aromatic carbocycles. The average molecular weight is 504 g/mol. The summed E-state index contributed by atoms with van der Waals surface area (Å²) in [7, 11) is -2.53. The fraction of sp³-hybridized carbons (Fsp3) is 0.111. The molecular formula is C27H25N3O5S. The zero-order valence-corrected chi connectivity index (χ0v) is 20.3. The van der Waals surface area contributed by atoms with E-state index in [1.165, 1.54) is 6.07 Å². The van der Waals surface area contributed by atoms with Gasteiger partial charge in [0.05, 0.1) is 12.0 Å². The van der Waals surface area contributed by atoms with Gasteiger partial charge in [-0.05, 0) is 59.2 Å². The van der Waals surface area contributed by atoms with Crippen LogP contribution in [0.15, 0.2) is 102 Å². The Balaban J connectivity index is 1.55. The monoisotopic (exact) mass is 503 g/mol. The van der Waals surface area contributed by atoms with Crippen molar-refractivity contribution in [3.8, 4) is 5.75 Å². The minimum absolute atomic E-state index is 0.0297. The van der Waals surface area contributed by atoms with E-state index >= 15 is 0 Å². The van der Waals surface area contributed by atoms with Crippen LogP contribution in [0, 0.1) is 0 Å². The number of ether oxygens (including phenoxy) is 1. The number of hydrogen-bond donors (Lipinski definition) is 3. The van der Waals surface area contributed by atoms with E-state index in [-0.39, 0.29) is 11.3 Å². The van der Waals surface area contributed by atoms with Gasteiger partial charge in [0.15, 0.2) is 0 Å². The Hall–Kier alpha value is -4.21. The molecule has 0 aromatic heterocycles. The number of hydrogen-bond acceptors (Lipinski definition) is 5. The van der Waals surface area contributed by atoms with Crippen LogP contribution in [0.1, 0.15) is 15.9 Å². The van der Waals surface area contributed by atoms with Crippen LogP contribution in [0.3, 0.4) is 0 Å². The van der Waals surface area contributed by atoms with E-state index in [1.807, 2.05) is 24.3 Å². The van der Waals surface area contributed by atoms with Crippen molar-refractivity contribution < 1.29 is 22.7 Å². The number of carbonyl (C=O) groups excluding carboxylic acids is 2. The number of hydrazine groups is 1. The Morgan fingerprint density at radius 1 is 0.806 bits per heavy atom. The third kappa shape index (κ3) is 6.07. The molecule has 36 heavy (non-hydrogen) atoms. The number of amides is 2. The van der Waals surface area contributed by atoms with Gasteiger partial charge in [0.2, 0.25) is 10.0 Å². The molecule has 4 rings (SSSR count). The largest absolute Gasteiger partial charge is 0.497 e. The van der Waals surface area contributed by atoms with Crippen LogP contribution in [0.5, 0.6) is 5.75 Å². The van der Waals surface area contributed by atoms with E-state index < -0.39 is 27.9 Å². The lowest BCUT2D eigenvalue weighted by atomic mass is 10.1. The molecule has 1 atom stereocenters. The summed E-state index contributed by atoms with van der Waals surface area (Å²) in [6.45, 7) is 0. The lowest BCUT2D eigenvalue weighted by Crippen LogP contribution is -2.53. The number of methoxy groups -OCH3 is 1. The number of rotatable bonds is 8. The van der Waals surface area contributed by atoms with Gasteiger partial charge in [-0.2, -0.15) is 4.72 Å². The first-order valence-electron chi connectivity index (χ1n) is 11.1. The maximum atomic E-state index is 13.2. The normalized spacial score (nSPS) is 12.0. The highest BCUT2D eigenvalue weighted by atomic mass is 32.2. The quantitative estimate of drug-likeness (QED) is 0.320. The Bertz CT molecular complexity index is 1470. The maximum Gasteiger partial charge on any atom is 0.269 e. The fourth-order valence-corrected chi connectivity index (χ4v) is 4.87. The van der Waals surface area contributed by atoms with E-state index in [0.717, 1.165) is 10.8 Å². The summed E-state index contributed by atoms with van der Waals surface area (Å²) in [4.78, 5) is 25.4. The number of sulfonamides is 1. The molecule has 0 saturated carbocycles. The highest BCUT2D eigenvalue weighted by molar-refractivity contribution is 7.89. The summed E-state index contributed by atoms with van der Waals surface area (Å²) < 4.78 is 34.1. The third-order valence-corrected chi connectivity index (χ3v) is 7.05. The molecule has 184 valence electrons. The lowest BCUT2D eigenvalue weighted by molar-refractivity contribution is -0.123. The molecule has 0 saturated heterocycles. The Labute approximate surface area is 209 Å². The van der Waals surface area contributed by atoms with Crippen molar-refractivity contribution in [3.63, 3.8) is 0 Å². The van der Waals surface area contributed by atoms with Crippen LogP contribution in [-0.4, -0.2) is 33.4 Å².